The Bertz CT molecular complexity index is 1450. The second kappa shape index (κ2) is 9.28. The minimum atomic E-state index is -3.86. The van der Waals surface area contributed by atoms with Crippen LogP contribution in [-0.2, 0) is 21.4 Å². The van der Waals surface area contributed by atoms with Gasteiger partial charge in [0.05, 0.1) is 29.9 Å². The number of carbonyl (C=O) groups is 1. The minimum absolute atomic E-state index is 0.0558. The SMILES string of the molecule is O=C(CSc1ncc2c(n1)-c1ccccc1N(Cc1ccccc1)S2(=O)=O)Nc1ccccc1. The van der Waals surface area contributed by atoms with Gasteiger partial charge in [0.15, 0.2) is 5.16 Å². The third kappa shape index (κ3) is 4.40. The molecule has 0 saturated heterocycles. The van der Waals surface area contributed by atoms with E-state index in [0.29, 0.717) is 27.8 Å². The normalized spacial score (nSPS) is 13.6. The highest BCUT2D eigenvalue weighted by atomic mass is 32.2. The summed E-state index contributed by atoms with van der Waals surface area (Å²) in [4.78, 5) is 21.1. The van der Waals surface area contributed by atoms with E-state index in [2.05, 4.69) is 15.3 Å². The largest absolute Gasteiger partial charge is 0.325 e. The van der Waals surface area contributed by atoms with Crippen LogP contribution in [-0.4, -0.2) is 30.0 Å². The van der Waals surface area contributed by atoms with Gasteiger partial charge >= 0.3 is 0 Å². The molecule has 3 aromatic carbocycles. The molecule has 1 aliphatic rings. The second-order valence-corrected chi connectivity index (χ2v) is 10.4. The van der Waals surface area contributed by atoms with Crippen LogP contribution < -0.4 is 9.62 Å². The summed E-state index contributed by atoms with van der Waals surface area (Å²) in [7, 11) is -3.86. The topological polar surface area (TPSA) is 92.3 Å². The molecule has 0 bridgehead atoms. The van der Waals surface area contributed by atoms with Crippen molar-refractivity contribution < 1.29 is 13.2 Å². The number of hydrogen-bond donors (Lipinski definition) is 1. The molecule has 0 fully saturated rings. The van der Waals surface area contributed by atoms with Crippen LogP contribution in [0.3, 0.4) is 0 Å². The van der Waals surface area contributed by atoms with Crippen LogP contribution in [0.25, 0.3) is 11.3 Å². The summed E-state index contributed by atoms with van der Waals surface area (Å²) < 4.78 is 28.4. The number of para-hydroxylation sites is 2. The van der Waals surface area contributed by atoms with Gasteiger partial charge in [0.2, 0.25) is 5.91 Å². The van der Waals surface area contributed by atoms with Crippen LogP contribution in [0.1, 0.15) is 5.56 Å². The Labute approximate surface area is 201 Å². The molecular weight excluding hydrogens is 468 g/mol. The maximum absolute atomic E-state index is 13.5. The van der Waals surface area contributed by atoms with Crippen LogP contribution in [0, 0.1) is 0 Å². The van der Waals surface area contributed by atoms with Crippen LogP contribution in [0.5, 0.6) is 0 Å². The van der Waals surface area contributed by atoms with Gasteiger partial charge in [-0.1, -0.05) is 78.5 Å². The fourth-order valence-corrected chi connectivity index (χ4v) is 5.89. The van der Waals surface area contributed by atoms with Crippen LogP contribution in [0.15, 0.2) is 101 Å². The van der Waals surface area contributed by atoms with E-state index < -0.39 is 10.0 Å². The van der Waals surface area contributed by atoms with E-state index in [1.54, 1.807) is 18.2 Å². The van der Waals surface area contributed by atoms with Crippen molar-refractivity contribution in [1.29, 1.82) is 0 Å². The molecule has 0 saturated carbocycles. The number of nitrogens with zero attached hydrogens (tertiary/aromatic N) is 3. The molecular formula is C25H20N4O3S2. The molecule has 170 valence electrons. The van der Waals surface area contributed by atoms with Gasteiger partial charge in [0.1, 0.15) is 4.90 Å². The molecule has 0 atom stereocenters. The number of fused-ring (bicyclic) bond motifs is 3. The molecule has 0 radical (unpaired) electrons. The predicted octanol–water partition coefficient (Wildman–Crippen LogP) is 4.58. The zero-order chi connectivity index (χ0) is 23.5. The summed E-state index contributed by atoms with van der Waals surface area (Å²) in [5.41, 5.74) is 3.21. The number of thioether (sulfide) groups is 1. The van der Waals surface area contributed by atoms with Crippen molar-refractivity contribution in [2.75, 3.05) is 15.4 Å². The van der Waals surface area contributed by atoms with Crippen molar-refractivity contribution in [2.45, 2.75) is 16.6 Å². The zero-order valence-electron chi connectivity index (χ0n) is 18.0. The van der Waals surface area contributed by atoms with Crippen molar-refractivity contribution in [2.24, 2.45) is 0 Å². The first kappa shape index (κ1) is 22.1. The number of nitrogens with one attached hydrogen (secondary N) is 1. The lowest BCUT2D eigenvalue weighted by molar-refractivity contribution is -0.113. The molecule has 34 heavy (non-hydrogen) atoms. The van der Waals surface area contributed by atoms with E-state index in [1.807, 2.05) is 66.7 Å². The van der Waals surface area contributed by atoms with Crippen LogP contribution in [0.4, 0.5) is 11.4 Å². The maximum atomic E-state index is 13.5. The molecule has 9 heteroatoms. The Morgan fingerprint density at radius 2 is 1.59 bits per heavy atom. The lowest BCUT2D eigenvalue weighted by Crippen LogP contribution is -2.34. The van der Waals surface area contributed by atoms with Gasteiger partial charge in [-0.3, -0.25) is 9.10 Å². The zero-order valence-corrected chi connectivity index (χ0v) is 19.6. The van der Waals surface area contributed by atoms with Gasteiger partial charge in [-0.25, -0.2) is 18.4 Å². The average Bonchev–Trinajstić information content (AvgIpc) is 2.86. The van der Waals surface area contributed by atoms with Crippen LogP contribution in [0.2, 0.25) is 0 Å². The van der Waals surface area contributed by atoms with E-state index in [1.165, 1.54) is 10.5 Å². The predicted molar refractivity (Wildman–Crippen MR) is 133 cm³/mol. The third-order valence-electron chi connectivity index (χ3n) is 5.29. The van der Waals surface area contributed by atoms with Crippen molar-refractivity contribution in [3.63, 3.8) is 0 Å². The molecule has 1 aromatic heterocycles. The number of rotatable bonds is 6. The first-order chi connectivity index (χ1) is 16.5. The summed E-state index contributed by atoms with van der Waals surface area (Å²) in [5, 5.41) is 3.15. The monoisotopic (exact) mass is 488 g/mol. The molecule has 0 unspecified atom stereocenters. The van der Waals surface area contributed by atoms with Crippen molar-refractivity contribution in [1.82, 2.24) is 9.97 Å². The van der Waals surface area contributed by atoms with E-state index >= 15 is 0 Å². The van der Waals surface area contributed by atoms with Crippen molar-refractivity contribution in [3.05, 3.63) is 96.7 Å². The molecule has 7 nitrogen and oxygen atoms in total. The van der Waals surface area contributed by atoms with E-state index in [0.717, 1.165) is 17.3 Å². The maximum Gasteiger partial charge on any atom is 0.268 e. The summed E-state index contributed by atoms with van der Waals surface area (Å²) in [6.07, 6.45) is 1.34. The lowest BCUT2D eigenvalue weighted by Gasteiger charge is -2.31. The van der Waals surface area contributed by atoms with Crippen LogP contribution >= 0.6 is 11.8 Å². The molecule has 0 spiro atoms. The average molecular weight is 489 g/mol. The quantitative estimate of drug-likeness (QED) is 0.315. The van der Waals surface area contributed by atoms with E-state index in [-0.39, 0.29) is 23.1 Å². The van der Waals surface area contributed by atoms with Gasteiger partial charge < -0.3 is 5.32 Å². The molecule has 2 heterocycles. The van der Waals surface area contributed by atoms with Gasteiger partial charge in [0.25, 0.3) is 10.0 Å². The molecule has 0 aliphatic carbocycles. The van der Waals surface area contributed by atoms with Crippen molar-refractivity contribution in [3.8, 4) is 11.3 Å². The molecule has 4 aromatic rings. The second-order valence-electron chi connectivity index (χ2n) is 7.58. The standard InChI is InChI=1S/C25H20N4O3S2/c30-23(27-19-11-5-2-6-12-19)17-33-25-26-15-22-24(28-25)20-13-7-8-14-21(20)29(34(22,31)32)16-18-9-3-1-4-10-18/h1-15H,16-17H2,(H,27,30). The fourth-order valence-electron chi connectivity index (χ4n) is 3.71. The van der Waals surface area contributed by atoms with Crippen molar-refractivity contribution >= 4 is 39.1 Å². The number of amides is 1. The first-order valence-electron chi connectivity index (χ1n) is 10.5. The lowest BCUT2D eigenvalue weighted by atomic mass is 10.1. The van der Waals surface area contributed by atoms with Gasteiger partial charge in [-0.2, -0.15) is 0 Å². The molecule has 5 rings (SSSR count). The van der Waals surface area contributed by atoms with Gasteiger partial charge in [0, 0.05) is 11.3 Å². The highest BCUT2D eigenvalue weighted by Crippen LogP contribution is 2.42. The van der Waals surface area contributed by atoms with Gasteiger partial charge in [-0.05, 0) is 23.8 Å². The Morgan fingerprint density at radius 1 is 0.912 bits per heavy atom. The molecule has 1 amide bonds. The van der Waals surface area contributed by atoms with Gasteiger partial charge in [-0.15, -0.1) is 0 Å². The van der Waals surface area contributed by atoms with E-state index in [9.17, 15) is 13.2 Å². The number of aromatic nitrogens is 2. The number of sulfonamides is 1. The Kier molecular flexibility index (Phi) is 6.04. The molecule has 1 N–H and O–H groups in total. The summed E-state index contributed by atoms with van der Waals surface area (Å²) in [6.45, 7) is 0.204. The minimum Gasteiger partial charge on any atom is -0.325 e. The highest BCUT2D eigenvalue weighted by molar-refractivity contribution is 7.99. The Hall–Kier alpha value is -3.69. The molecule has 1 aliphatic heterocycles. The Morgan fingerprint density at radius 3 is 2.35 bits per heavy atom. The fraction of sp³-hybridized carbons (Fsp3) is 0.0800. The number of hydrogen-bond acceptors (Lipinski definition) is 6. The summed E-state index contributed by atoms with van der Waals surface area (Å²) in [6, 6.07) is 25.9. The first-order valence-corrected chi connectivity index (χ1v) is 13.0. The van der Waals surface area contributed by atoms with E-state index in [4.69, 9.17) is 0 Å². The number of anilines is 2. The highest BCUT2D eigenvalue weighted by Gasteiger charge is 2.36. The third-order valence-corrected chi connectivity index (χ3v) is 7.91. The summed E-state index contributed by atoms with van der Waals surface area (Å²) >= 11 is 1.16. The smallest absolute Gasteiger partial charge is 0.268 e. The number of carbonyl (C=O) groups excluding carboxylic acids is 1. The Balaban J connectivity index is 1.43. The number of benzene rings is 3. The summed E-state index contributed by atoms with van der Waals surface area (Å²) in [5.74, 6) is -0.0954.